The monoisotopic (exact) mass is 388 g/mol. The van der Waals surface area contributed by atoms with Gasteiger partial charge in [-0.2, -0.15) is 13.2 Å². The van der Waals surface area contributed by atoms with Crippen LogP contribution in [0.5, 0.6) is 0 Å². The molecule has 2 rings (SSSR count). The number of amides is 1. The molecule has 1 heterocycles. The number of hydrogen-bond acceptors (Lipinski definition) is 4. The average Bonchev–Trinajstić information content (AvgIpc) is 2.65. The number of carbonyl (C=O) groups is 2. The first-order chi connectivity index (χ1) is 12.8. The highest BCUT2D eigenvalue weighted by atomic mass is 19.4. The number of ether oxygens (including phenoxy) is 1. The molecule has 1 aromatic rings. The Balaban J connectivity index is 1.74. The van der Waals surface area contributed by atoms with Gasteiger partial charge in [-0.05, 0) is 24.6 Å². The van der Waals surface area contributed by atoms with Crippen LogP contribution in [0.2, 0.25) is 0 Å². The molecule has 0 saturated carbocycles. The standard InChI is InChI=1S/C18H24F3N3O3/c1-27-17(26)6-3-7-22-16(25)13-23-8-10-24(11-9-23)15-5-2-4-14(12-15)18(19,20)21/h2,4-5,12H,3,6-11,13H2,1H3,(H,22,25)/p+1. The number of methoxy groups -OCH3 is 1. The summed E-state index contributed by atoms with van der Waals surface area (Å²) < 4.78 is 43.0. The third kappa shape index (κ3) is 6.74. The zero-order valence-corrected chi connectivity index (χ0v) is 15.3. The van der Waals surface area contributed by atoms with Crippen LogP contribution in [0.3, 0.4) is 0 Å². The first-order valence-corrected chi connectivity index (χ1v) is 8.89. The Kier molecular flexibility index (Phi) is 7.46. The minimum atomic E-state index is -4.35. The van der Waals surface area contributed by atoms with E-state index in [1.165, 1.54) is 19.2 Å². The predicted octanol–water partition coefficient (Wildman–Crippen LogP) is 0.480. The molecule has 9 heteroatoms. The number of esters is 1. The van der Waals surface area contributed by atoms with E-state index < -0.39 is 11.7 Å². The van der Waals surface area contributed by atoms with Crippen molar-refractivity contribution < 1.29 is 32.4 Å². The van der Waals surface area contributed by atoms with Crippen LogP contribution in [-0.2, 0) is 20.5 Å². The van der Waals surface area contributed by atoms with E-state index in [1.807, 2.05) is 4.90 Å². The Labute approximate surface area is 156 Å². The lowest BCUT2D eigenvalue weighted by atomic mass is 10.1. The maximum Gasteiger partial charge on any atom is 0.416 e. The molecule has 0 radical (unpaired) electrons. The highest BCUT2D eigenvalue weighted by Gasteiger charge is 2.31. The van der Waals surface area contributed by atoms with E-state index in [9.17, 15) is 22.8 Å². The van der Waals surface area contributed by atoms with Gasteiger partial charge in [0.25, 0.3) is 5.91 Å². The number of rotatable bonds is 7. The average molecular weight is 388 g/mol. The molecule has 0 spiro atoms. The topological polar surface area (TPSA) is 63.1 Å². The van der Waals surface area contributed by atoms with E-state index in [1.54, 1.807) is 6.07 Å². The number of alkyl halides is 3. The fourth-order valence-electron chi connectivity index (χ4n) is 2.99. The largest absolute Gasteiger partial charge is 0.469 e. The second kappa shape index (κ2) is 9.59. The molecular weight excluding hydrogens is 363 g/mol. The van der Waals surface area contributed by atoms with Gasteiger partial charge in [0.2, 0.25) is 0 Å². The number of carbonyl (C=O) groups excluding carboxylic acids is 2. The van der Waals surface area contributed by atoms with Gasteiger partial charge in [0.1, 0.15) is 0 Å². The Morgan fingerprint density at radius 2 is 1.96 bits per heavy atom. The molecule has 1 aliphatic heterocycles. The molecule has 27 heavy (non-hydrogen) atoms. The van der Waals surface area contributed by atoms with Crippen molar-refractivity contribution in [1.82, 2.24) is 5.32 Å². The Morgan fingerprint density at radius 3 is 2.59 bits per heavy atom. The Hall–Kier alpha value is -2.29. The van der Waals surface area contributed by atoms with E-state index in [-0.39, 0.29) is 18.3 Å². The number of benzene rings is 1. The van der Waals surface area contributed by atoms with Crippen LogP contribution < -0.4 is 15.1 Å². The molecule has 1 saturated heterocycles. The van der Waals surface area contributed by atoms with Crippen molar-refractivity contribution in [2.24, 2.45) is 0 Å². The van der Waals surface area contributed by atoms with Crippen molar-refractivity contribution in [3.8, 4) is 0 Å². The summed E-state index contributed by atoms with van der Waals surface area (Å²) in [4.78, 5) is 25.9. The van der Waals surface area contributed by atoms with E-state index in [0.29, 0.717) is 51.4 Å². The minimum absolute atomic E-state index is 0.0950. The third-order valence-electron chi connectivity index (χ3n) is 4.53. The molecule has 1 amide bonds. The predicted molar refractivity (Wildman–Crippen MR) is 93.5 cm³/mol. The summed E-state index contributed by atoms with van der Waals surface area (Å²) in [5.41, 5.74) is -0.0998. The fourth-order valence-corrected chi connectivity index (χ4v) is 2.99. The molecule has 0 aliphatic carbocycles. The zero-order valence-electron chi connectivity index (χ0n) is 15.3. The molecule has 1 aromatic carbocycles. The van der Waals surface area contributed by atoms with Gasteiger partial charge in [-0.3, -0.25) is 9.59 Å². The lowest BCUT2D eigenvalue weighted by Crippen LogP contribution is -3.15. The molecule has 6 nitrogen and oxygen atoms in total. The van der Waals surface area contributed by atoms with Gasteiger partial charge in [-0.25, -0.2) is 0 Å². The van der Waals surface area contributed by atoms with Crippen molar-refractivity contribution in [3.63, 3.8) is 0 Å². The Morgan fingerprint density at radius 1 is 1.26 bits per heavy atom. The second-order valence-corrected chi connectivity index (χ2v) is 6.49. The van der Waals surface area contributed by atoms with Crippen LogP contribution in [-0.4, -0.2) is 58.3 Å². The van der Waals surface area contributed by atoms with Crippen molar-refractivity contribution >= 4 is 17.6 Å². The van der Waals surface area contributed by atoms with Gasteiger partial charge in [0.05, 0.1) is 38.9 Å². The van der Waals surface area contributed by atoms with E-state index in [4.69, 9.17) is 0 Å². The van der Waals surface area contributed by atoms with E-state index in [2.05, 4.69) is 10.1 Å². The number of piperazine rings is 1. The van der Waals surface area contributed by atoms with Gasteiger partial charge in [0, 0.05) is 18.7 Å². The molecule has 1 fully saturated rings. The van der Waals surface area contributed by atoms with Crippen LogP contribution in [0.25, 0.3) is 0 Å². The lowest BCUT2D eigenvalue weighted by Gasteiger charge is -2.33. The smallest absolute Gasteiger partial charge is 0.416 e. The maximum atomic E-state index is 12.8. The first-order valence-electron chi connectivity index (χ1n) is 8.89. The molecule has 0 bridgehead atoms. The van der Waals surface area contributed by atoms with Gasteiger partial charge in [-0.15, -0.1) is 0 Å². The molecule has 150 valence electrons. The zero-order chi connectivity index (χ0) is 19.9. The van der Waals surface area contributed by atoms with E-state index >= 15 is 0 Å². The normalized spacial score (nSPS) is 15.5. The SMILES string of the molecule is COC(=O)CCCNC(=O)C[NH+]1CCN(c2cccc(C(F)(F)F)c2)CC1. The highest BCUT2D eigenvalue weighted by Crippen LogP contribution is 2.31. The summed E-state index contributed by atoms with van der Waals surface area (Å²) >= 11 is 0. The summed E-state index contributed by atoms with van der Waals surface area (Å²) in [6, 6.07) is 5.32. The number of hydrogen-bond donors (Lipinski definition) is 2. The quantitative estimate of drug-likeness (QED) is 0.527. The fraction of sp³-hybridized carbons (Fsp3) is 0.556. The second-order valence-electron chi connectivity index (χ2n) is 6.49. The molecule has 1 aliphatic rings. The maximum absolute atomic E-state index is 12.8. The summed E-state index contributed by atoms with van der Waals surface area (Å²) in [6.07, 6.45) is -3.56. The van der Waals surface area contributed by atoms with Crippen molar-refractivity contribution in [2.45, 2.75) is 19.0 Å². The van der Waals surface area contributed by atoms with Gasteiger partial charge in [0.15, 0.2) is 6.54 Å². The number of nitrogens with zero attached hydrogens (tertiary/aromatic N) is 1. The van der Waals surface area contributed by atoms with Crippen LogP contribution in [0.4, 0.5) is 18.9 Å². The van der Waals surface area contributed by atoms with Crippen LogP contribution in [0, 0.1) is 0 Å². The summed E-state index contributed by atoms with van der Waals surface area (Å²) in [5, 5.41) is 2.77. The highest BCUT2D eigenvalue weighted by molar-refractivity contribution is 5.76. The molecular formula is C18H25F3N3O3+. The van der Waals surface area contributed by atoms with E-state index in [0.717, 1.165) is 11.0 Å². The van der Waals surface area contributed by atoms with Crippen molar-refractivity contribution in [2.75, 3.05) is 51.3 Å². The summed E-state index contributed by atoms with van der Waals surface area (Å²) in [5.74, 6) is -0.400. The molecule has 0 unspecified atom stereocenters. The van der Waals surface area contributed by atoms with Gasteiger partial charge < -0.3 is 19.9 Å². The van der Waals surface area contributed by atoms with Crippen LogP contribution in [0.1, 0.15) is 18.4 Å². The number of nitrogens with one attached hydrogen (secondary N) is 2. The van der Waals surface area contributed by atoms with Crippen LogP contribution in [0.15, 0.2) is 24.3 Å². The van der Waals surface area contributed by atoms with Gasteiger partial charge in [-0.1, -0.05) is 6.07 Å². The summed E-state index contributed by atoms with van der Waals surface area (Å²) in [7, 11) is 1.32. The van der Waals surface area contributed by atoms with Gasteiger partial charge >= 0.3 is 12.1 Å². The number of anilines is 1. The molecule has 0 aromatic heterocycles. The van der Waals surface area contributed by atoms with Crippen molar-refractivity contribution in [3.05, 3.63) is 29.8 Å². The summed E-state index contributed by atoms with van der Waals surface area (Å²) in [6.45, 7) is 3.25. The molecule has 0 atom stereocenters. The lowest BCUT2D eigenvalue weighted by molar-refractivity contribution is -0.892. The number of halogens is 3. The first kappa shape index (κ1) is 21.0. The third-order valence-corrected chi connectivity index (χ3v) is 4.53. The van der Waals surface area contributed by atoms with Crippen LogP contribution >= 0.6 is 0 Å². The Bertz CT molecular complexity index is 644. The number of quaternary nitrogens is 1. The van der Waals surface area contributed by atoms with Crippen molar-refractivity contribution in [1.29, 1.82) is 0 Å². The minimum Gasteiger partial charge on any atom is -0.469 e. The molecule has 2 N–H and O–H groups in total.